The van der Waals surface area contributed by atoms with E-state index in [0.29, 0.717) is 53.4 Å². The SMILES string of the molecule is CC1CCC(C(C2=CCCC=C2)(c2ccccc2)C2C=CC=CC2)C=C1C1CC(C2C=CC=CC2C)CC(C)([C@H]2C=C(C(C3=CCCC=C3)(c3ccccc3)C3CC=CCC3)CCC2)N1. The van der Waals surface area contributed by atoms with Crippen molar-refractivity contribution in [3.8, 4) is 0 Å². The molecule has 10 rings (SSSR count). The van der Waals surface area contributed by atoms with Crippen LogP contribution in [0.15, 0.2) is 192 Å². The molecule has 65 heavy (non-hydrogen) atoms. The summed E-state index contributed by atoms with van der Waals surface area (Å²) in [6.45, 7) is 7.73. The predicted molar refractivity (Wildman–Crippen MR) is 276 cm³/mol. The normalized spacial score (nSPS) is 35.3. The second-order valence-corrected chi connectivity index (χ2v) is 21.8. The van der Waals surface area contributed by atoms with Gasteiger partial charge in [-0.25, -0.2) is 0 Å². The average Bonchev–Trinajstić information content (AvgIpc) is 3.37. The summed E-state index contributed by atoms with van der Waals surface area (Å²) in [6, 6.07) is 23.9. The van der Waals surface area contributed by atoms with Gasteiger partial charge in [0, 0.05) is 22.4 Å². The highest BCUT2D eigenvalue weighted by Gasteiger charge is 2.52. The van der Waals surface area contributed by atoms with E-state index in [1.54, 1.807) is 22.3 Å². The molecule has 8 aliphatic rings. The van der Waals surface area contributed by atoms with Gasteiger partial charge in [-0.05, 0) is 173 Å². The molecule has 7 aliphatic carbocycles. The number of hydrogen-bond donors (Lipinski definition) is 1. The Bertz CT molecular complexity index is 2340. The van der Waals surface area contributed by atoms with E-state index < -0.39 is 0 Å². The lowest BCUT2D eigenvalue weighted by atomic mass is 9.53. The molecule has 0 radical (unpaired) electrons. The smallest absolute Gasteiger partial charge is 0.0439 e. The van der Waals surface area contributed by atoms with Crippen molar-refractivity contribution in [2.24, 2.45) is 47.3 Å². The largest absolute Gasteiger partial charge is 0.304 e. The summed E-state index contributed by atoms with van der Waals surface area (Å²) in [4.78, 5) is 0. The quantitative estimate of drug-likeness (QED) is 0.222. The van der Waals surface area contributed by atoms with Gasteiger partial charge < -0.3 is 5.32 Å². The number of rotatable bonds is 11. The molecular weight excluding hydrogens is 783 g/mol. The number of hydrogen-bond acceptors (Lipinski definition) is 1. The molecule has 11 unspecified atom stereocenters. The summed E-state index contributed by atoms with van der Waals surface area (Å²) in [6.07, 6.45) is 63.1. The van der Waals surface area contributed by atoms with Crippen LogP contribution in [0.4, 0.5) is 0 Å². The van der Waals surface area contributed by atoms with Crippen molar-refractivity contribution in [1.29, 1.82) is 0 Å². The zero-order valence-corrected chi connectivity index (χ0v) is 40.0. The zero-order chi connectivity index (χ0) is 44.3. The summed E-state index contributed by atoms with van der Waals surface area (Å²) in [5.74, 6) is 4.09. The highest BCUT2D eigenvalue weighted by atomic mass is 15.0. The lowest BCUT2D eigenvalue weighted by Crippen LogP contribution is -2.60. The summed E-state index contributed by atoms with van der Waals surface area (Å²) >= 11 is 0. The van der Waals surface area contributed by atoms with Crippen molar-refractivity contribution < 1.29 is 0 Å². The van der Waals surface area contributed by atoms with Crippen molar-refractivity contribution in [3.05, 3.63) is 203 Å². The van der Waals surface area contributed by atoms with E-state index in [1.807, 2.05) is 0 Å². The number of nitrogens with one attached hydrogen (secondary N) is 1. The number of allylic oxidation sites excluding steroid dienone is 20. The maximum atomic E-state index is 4.68. The molecule has 2 aromatic rings. The maximum Gasteiger partial charge on any atom is 0.0439 e. The lowest BCUT2D eigenvalue weighted by Gasteiger charge is -2.54. The Morgan fingerprint density at radius 2 is 1.37 bits per heavy atom. The first-order chi connectivity index (χ1) is 31.9. The summed E-state index contributed by atoms with van der Waals surface area (Å²) in [7, 11) is 0. The van der Waals surface area contributed by atoms with Crippen LogP contribution in [0.2, 0.25) is 0 Å². The Hall–Kier alpha value is -4.46. The molecule has 1 aliphatic heterocycles. The van der Waals surface area contributed by atoms with E-state index in [9.17, 15) is 0 Å². The first-order valence-corrected chi connectivity index (χ1v) is 26.3. The standard InChI is InChI=1S/C64H77N/c1-47-25-22-23-40-59(47)49-43-61(60-45-58(42-41-48(60)2)64(53-32-16-7-17-33-53,54-34-18-8-19-35-54)55-36-20-9-21-37-55)65-62(3,46-49)56-38-24-39-57(44-56)63(50-26-10-4-11-27-50,51-28-12-5-13-29-51)52-30-14-6-15-31-52/h4-5,7-8,10-12,14,16-20,22-23,25-27,30-34,36-37,40,44-45,47-49,51,54,56,58-59,61,65H,6,9,13,15,21,24,28-29,35,38-39,41-43,46H2,1-3H3/t47?,48?,49?,51?,54?,56-,58?,59?,61?,62?,63?,64?/m1/s1. The molecule has 2 aromatic carbocycles. The molecule has 1 nitrogen and oxygen atoms in total. The van der Waals surface area contributed by atoms with Gasteiger partial charge >= 0.3 is 0 Å². The Morgan fingerprint density at radius 3 is 2.06 bits per heavy atom. The zero-order valence-electron chi connectivity index (χ0n) is 40.0. The van der Waals surface area contributed by atoms with Crippen LogP contribution in [-0.4, -0.2) is 11.6 Å². The third-order valence-corrected chi connectivity index (χ3v) is 18.1. The van der Waals surface area contributed by atoms with Crippen LogP contribution >= 0.6 is 0 Å². The molecule has 0 saturated carbocycles. The van der Waals surface area contributed by atoms with Gasteiger partial charge in [-0.3, -0.25) is 0 Å². The van der Waals surface area contributed by atoms with Gasteiger partial charge in [-0.2, -0.15) is 0 Å². The molecule has 12 atom stereocenters. The van der Waals surface area contributed by atoms with Crippen molar-refractivity contribution >= 4 is 0 Å². The summed E-state index contributed by atoms with van der Waals surface area (Å²) in [5.41, 5.74) is 9.25. The van der Waals surface area contributed by atoms with Gasteiger partial charge in [0.15, 0.2) is 0 Å². The highest BCUT2D eigenvalue weighted by Crippen LogP contribution is 2.57. The van der Waals surface area contributed by atoms with Crippen molar-refractivity contribution in [3.63, 3.8) is 0 Å². The van der Waals surface area contributed by atoms with Gasteiger partial charge in [-0.1, -0.05) is 195 Å². The summed E-state index contributed by atoms with van der Waals surface area (Å²) in [5, 5.41) is 4.68. The molecule has 0 aromatic heterocycles. The number of piperidine rings is 1. The van der Waals surface area contributed by atoms with E-state index in [4.69, 9.17) is 0 Å². The minimum Gasteiger partial charge on any atom is -0.304 e. The molecule has 1 N–H and O–H groups in total. The second-order valence-electron chi connectivity index (χ2n) is 21.8. The highest BCUT2D eigenvalue weighted by molar-refractivity contribution is 5.54. The first-order valence-electron chi connectivity index (χ1n) is 26.3. The third-order valence-electron chi connectivity index (χ3n) is 18.1. The van der Waals surface area contributed by atoms with Crippen LogP contribution in [0.25, 0.3) is 0 Å². The molecule has 1 saturated heterocycles. The van der Waals surface area contributed by atoms with E-state index >= 15 is 0 Å². The monoisotopic (exact) mass is 860 g/mol. The van der Waals surface area contributed by atoms with Crippen LogP contribution in [0.1, 0.15) is 128 Å². The average molecular weight is 860 g/mol. The van der Waals surface area contributed by atoms with E-state index in [0.717, 1.165) is 38.5 Å². The first kappa shape index (κ1) is 44.4. The van der Waals surface area contributed by atoms with Crippen molar-refractivity contribution in [1.82, 2.24) is 5.32 Å². The van der Waals surface area contributed by atoms with E-state index in [-0.39, 0.29) is 16.4 Å². The van der Waals surface area contributed by atoms with E-state index in [1.165, 1.54) is 68.9 Å². The van der Waals surface area contributed by atoms with Gasteiger partial charge in [-0.15, -0.1) is 0 Å². The van der Waals surface area contributed by atoms with E-state index in [2.05, 4.69) is 196 Å². The minimum absolute atomic E-state index is 0.0325. The van der Waals surface area contributed by atoms with Crippen LogP contribution in [0.5, 0.6) is 0 Å². The van der Waals surface area contributed by atoms with Crippen molar-refractivity contribution in [2.75, 3.05) is 0 Å². The Morgan fingerprint density at radius 1 is 0.631 bits per heavy atom. The van der Waals surface area contributed by atoms with Gasteiger partial charge in [0.25, 0.3) is 0 Å². The second kappa shape index (κ2) is 19.4. The molecule has 338 valence electrons. The molecule has 1 fully saturated rings. The molecule has 0 spiro atoms. The molecular formula is C64H77N. The van der Waals surface area contributed by atoms with Gasteiger partial charge in [0.2, 0.25) is 0 Å². The molecule has 1 heteroatoms. The van der Waals surface area contributed by atoms with Crippen molar-refractivity contribution in [2.45, 2.75) is 139 Å². The van der Waals surface area contributed by atoms with Crippen LogP contribution in [-0.2, 0) is 10.8 Å². The fourth-order valence-electron chi connectivity index (χ4n) is 15.1. The topological polar surface area (TPSA) is 12.0 Å². The Kier molecular flexibility index (Phi) is 13.2. The minimum atomic E-state index is -0.119. The third kappa shape index (κ3) is 8.36. The fourth-order valence-corrected chi connectivity index (χ4v) is 15.1. The molecule has 0 amide bonds. The van der Waals surface area contributed by atoms with Gasteiger partial charge in [0.1, 0.15) is 0 Å². The maximum absolute atomic E-state index is 4.68. The van der Waals surface area contributed by atoms with Crippen LogP contribution < -0.4 is 5.32 Å². The number of benzene rings is 2. The van der Waals surface area contributed by atoms with Crippen LogP contribution in [0.3, 0.4) is 0 Å². The predicted octanol–water partition coefficient (Wildman–Crippen LogP) is 16.1. The Labute approximate surface area is 393 Å². The molecule has 1 heterocycles. The summed E-state index contributed by atoms with van der Waals surface area (Å²) < 4.78 is 0. The molecule has 0 bridgehead atoms. The Balaban J connectivity index is 1.09. The van der Waals surface area contributed by atoms with Crippen LogP contribution in [0, 0.1) is 47.3 Å². The van der Waals surface area contributed by atoms with Gasteiger partial charge in [0.05, 0.1) is 0 Å². The fraction of sp³-hybridized carbons (Fsp3) is 0.469. The lowest BCUT2D eigenvalue weighted by molar-refractivity contribution is 0.0935.